The lowest BCUT2D eigenvalue weighted by Gasteiger charge is -2.27. The van der Waals surface area contributed by atoms with Gasteiger partial charge in [0.1, 0.15) is 0 Å². The number of para-hydroxylation sites is 2. The van der Waals surface area contributed by atoms with Crippen LogP contribution in [-0.4, -0.2) is 44.1 Å². The molecule has 0 aromatic heterocycles. The Balaban J connectivity index is 1.74. The summed E-state index contributed by atoms with van der Waals surface area (Å²) >= 11 is 0. The minimum absolute atomic E-state index is 0.143. The fourth-order valence-corrected chi connectivity index (χ4v) is 3.32. The van der Waals surface area contributed by atoms with Crippen molar-refractivity contribution >= 4 is 29.2 Å². The third-order valence-electron chi connectivity index (χ3n) is 4.65. The fraction of sp³-hybridized carbons (Fsp3) is 0.318. The maximum Gasteiger partial charge on any atom is 0.338 e. The molecule has 1 N–H and O–H groups in total. The number of esters is 1. The maximum atomic E-state index is 12.9. The molecule has 1 heterocycles. The van der Waals surface area contributed by atoms with E-state index in [0.717, 1.165) is 0 Å². The maximum absolute atomic E-state index is 12.9. The van der Waals surface area contributed by atoms with E-state index in [-0.39, 0.29) is 23.9 Å². The van der Waals surface area contributed by atoms with E-state index >= 15 is 0 Å². The number of ether oxygens (including phenoxy) is 3. The lowest BCUT2D eigenvalue weighted by atomic mass is 10.1. The molecule has 0 saturated heterocycles. The van der Waals surface area contributed by atoms with Gasteiger partial charge in [-0.3, -0.25) is 9.59 Å². The van der Waals surface area contributed by atoms with Gasteiger partial charge in [-0.15, -0.1) is 0 Å². The van der Waals surface area contributed by atoms with Crippen molar-refractivity contribution in [2.45, 2.75) is 26.3 Å². The smallest absolute Gasteiger partial charge is 0.338 e. The molecular formula is C22H24N2O6. The van der Waals surface area contributed by atoms with E-state index in [1.165, 1.54) is 18.1 Å². The number of anilines is 2. The third-order valence-corrected chi connectivity index (χ3v) is 4.65. The molecule has 0 aliphatic carbocycles. The number of nitrogens with one attached hydrogen (secondary N) is 1. The van der Waals surface area contributed by atoms with Gasteiger partial charge in [0.2, 0.25) is 5.91 Å². The molecule has 8 nitrogen and oxygen atoms in total. The Bertz CT molecular complexity index is 958. The van der Waals surface area contributed by atoms with Crippen LogP contribution in [0.5, 0.6) is 11.5 Å². The van der Waals surface area contributed by atoms with Crippen LogP contribution in [0.25, 0.3) is 0 Å². The molecule has 0 saturated carbocycles. The summed E-state index contributed by atoms with van der Waals surface area (Å²) in [5, 5.41) is 2.79. The summed E-state index contributed by atoms with van der Waals surface area (Å²) in [6.07, 6.45) is 0.143. The van der Waals surface area contributed by atoms with Crippen LogP contribution in [0.3, 0.4) is 0 Å². The first kappa shape index (κ1) is 21.2. The zero-order valence-corrected chi connectivity index (χ0v) is 17.1. The second kappa shape index (κ2) is 9.30. The first-order valence-corrected chi connectivity index (χ1v) is 9.63. The Hall–Kier alpha value is -3.55. The van der Waals surface area contributed by atoms with E-state index in [0.29, 0.717) is 29.5 Å². The number of hydrogen-bond acceptors (Lipinski definition) is 6. The van der Waals surface area contributed by atoms with Crippen LogP contribution in [0, 0.1) is 0 Å². The summed E-state index contributed by atoms with van der Waals surface area (Å²) in [6.45, 7) is 3.55. The lowest BCUT2D eigenvalue weighted by Crippen LogP contribution is -2.41. The van der Waals surface area contributed by atoms with Crippen LogP contribution in [0.2, 0.25) is 0 Å². The molecule has 3 rings (SSSR count). The van der Waals surface area contributed by atoms with Crippen LogP contribution in [-0.2, 0) is 14.3 Å². The van der Waals surface area contributed by atoms with Gasteiger partial charge in [0.25, 0.3) is 5.91 Å². The number of rotatable bonds is 6. The normalized spacial score (nSPS) is 15.5. The van der Waals surface area contributed by atoms with Gasteiger partial charge in [0.15, 0.2) is 18.1 Å². The average Bonchev–Trinajstić information content (AvgIpc) is 2.86. The summed E-state index contributed by atoms with van der Waals surface area (Å²) < 4.78 is 15.9. The van der Waals surface area contributed by atoms with Crippen molar-refractivity contribution in [1.29, 1.82) is 0 Å². The average molecular weight is 412 g/mol. The molecule has 1 aliphatic heterocycles. The van der Waals surface area contributed by atoms with E-state index in [2.05, 4.69) is 5.32 Å². The highest BCUT2D eigenvalue weighted by Crippen LogP contribution is 2.31. The number of hydrogen-bond donors (Lipinski definition) is 1. The van der Waals surface area contributed by atoms with Crippen molar-refractivity contribution in [3.8, 4) is 11.5 Å². The molecule has 8 heteroatoms. The number of carbonyl (C=O) groups excluding carboxylic acids is 3. The number of fused-ring (bicyclic) bond motifs is 1. The van der Waals surface area contributed by atoms with Crippen LogP contribution < -0.4 is 19.7 Å². The van der Waals surface area contributed by atoms with Crippen molar-refractivity contribution < 1.29 is 28.6 Å². The Morgan fingerprint density at radius 2 is 1.93 bits per heavy atom. The monoisotopic (exact) mass is 412 g/mol. The standard InChI is InChI=1S/C22H24N2O6/c1-4-29-19-12-15(9-10-18(19)28-3)22(27)30-13-21(26)24-14(2)11-20(25)23-16-7-5-6-8-17(16)24/h5-10,12,14H,4,11,13H2,1-3H3,(H,23,25)/t14-/m1/s1. The first-order chi connectivity index (χ1) is 14.4. The highest BCUT2D eigenvalue weighted by molar-refractivity contribution is 6.05. The largest absolute Gasteiger partial charge is 0.493 e. The van der Waals surface area contributed by atoms with Crippen molar-refractivity contribution in [3.63, 3.8) is 0 Å². The lowest BCUT2D eigenvalue weighted by molar-refractivity contribution is -0.122. The van der Waals surface area contributed by atoms with Crippen molar-refractivity contribution in [1.82, 2.24) is 0 Å². The van der Waals surface area contributed by atoms with Crippen molar-refractivity contribution in [3.05, 3.63) is 48.0 Å². The highest BCUT2D eigenvalue weighted by atomic mass is 16.5. The zero-order valence-electron chi connectivity index (χ0n) is 17.1. The summed E-state index contributed by atoms with van der Waals surface area (Å²) in [5.74, 6) is -0.337. The summed E-state index contributed by atoms with van der Waals surface area (Å²) in [7, 11) is 1.51. The van der Waals surface area contributed by atoms with Gasteiger partial charge < -0.3 is 24.4 Å². The van der Waals surface area contributed by atoms with E-state index in [9.17, 15) is 14.4 Å². The number of nitrogens with zero attached hydrogens (tertiary/aromatic N) is 1. The molecule has 0 radical (unpaired) electrons. The highest BCUT2D eigenvalue weighted by Gasteiger charge is 2.30. The number of benzene rings is 2. The zero-order chi connectivity index (χ0) is 21.7. The fourth-order valence-electron chi connectivity index (χ4n) is 3.32. The van der Waals surface area contributed by atoms with Gasteiger partial charge >= 0.3 is 5.97 Å². The molecule has 1 atom stereocenters. The van der Waals surface area contributed by atoms with E-state index < -0.39 is 18.5 Å². The van der Waals surface area contributed by atoms with Crippen LogP contribution in [0.15, 0.2) is 42.5 Å². The van der Waals surface area contributed by atoms with Gasteiger partial charge in [-0.1, -0.05) is 12.1 Å². The van der Waals surface area contributed by atoms with Crippen LogP contribution >= 0.6 is 0 Å². The van der Waals surface area contributed by atoms with E-state index in [4.69, 9.17) is 14.2 Å². The third kappa shape index (κ3) is 4.53. The molecule has 2 aromatic carbocycles. The molecule has 158 valence electrons. The number of carbonyl (C=O) groups is 3. The summed E-state index contributed by atoms with van der Waals surface area (Å²) in [4.78, 5) is 38.9. The molecule has 2 aromatic rings. The van der Waals surface area contributed by atoms with Gasteiger partial charge in [-0.05, 0) is 44.2 Å². The van der Waals surface area contributed by atoms with Crippen LogP contribution in [0.4, 0.5) is 11.4 Å². The topological polar surface area (TPSA) is 94.2 Å². The van der Waals surface area contributed by atoms with Crippen molar-refractivity contribution in [2.75, 3.05) is 30.5 Å². The Morgan fingerprint density at radius 1 is 1.17 bits per heavy atom. The number of methoxy groups -OCH3 is 1. The molecule has 30 heavy (non-hydrogen) atoms. The Labute approximate surface area is 174 Å². The second-order valence-corrected chi connectivity index (χ2v) is 6.76. The Kier molecular flexibility index (Phi) is 6.56. The number of amides is 2. The van der Waals surface area contributed by atoms with Gasteiger partial charge in [-0.2, -0.15) is 0 Å². The molecule has 0 fully saturated rings. The van der Waals surface area contributed by atoms with E-state index in [1.54, 1.807) is 43.3 Å². The van der Waals surface area contributed by atoms with Crippen LogP contribution in [0.1, 0.15) is 30.6 Å². The predicted octanol–water partition coefficient (Wildman–Crippen LogP) is 3.01. The van der Waals surface area contributed by atoms with E-state index in [1.807, 2.05) is 6.92 Å². The van der Waals surface area contributed by atoms with Gasteiger partial charge in [0, 0.05) is 12.5 Å². The molecule has 1 aliphatic rings. The van der Waals surface area contributed by atoms with Gasteiger partial charge in [-0.25, -0.2) is 4.79 Å². The quantitative estimate of drug-likeness (QED) is 0.733. The molecule has 0 bridgehead atoms. The first-order valence-electron chi connectivity index (χ1n) is 9.63. The molecule has 0 spiro atoms. The minimum Gasteiger partial charge on any atom is -0.493 e. The molecule has 2 amide bonds. The molecule has 0 unspecified atom stereocenters. The second-order valence-electron chi connectivity index (χ2n) is 6.76. The predicted molar refractivity (Wildman–Crippen MR) is 111 cm³/mol. The summed E-state index contributed by atoms with van der Waals surface area (Å²) in [6, 6.07) is 11.3. The van der Waals surface area contributed by atoms with Crippen molar-refractivity contribution in [2.24, 2.45) is 0 Å². The SMILES string of the molecule is CCOc1cc(C(=O)OCC(=O)N2c3ccccc3NC(=O)C[C@H]2C)ccc1OC. The summed E-state index contributed by atoms with van der Waals surface area (Å²) in [5.41, 5.74) is 1.36. The molecular weight excluding hydrogens is 388 g/mol. The Morgan fingerprint density at radius 3 is 2.67 bits per heavy atom. The minimum atomic E-state index is -0.656. The van der Waals surface area contributed by atoms with Gasteiger partial charge in [0.05, 0.1) is 30.7 Å².